The minimum Gasteiger partial charge on any atom is -0.351 e. The average molecular weight is 424 g/mol. The number of hydrogen-bond acceptors (Lipinski definition) is 3. The van der Waals surface area contributed by atoms with E-state index in [1.165, 1.54) is 12.1 Å². The first-order chi connectivity index (χ1) is 13.4. The maximum absolute atomic E-state index is 12.9. The molecule has 0 unspecified atom stereocenters. The lowest BCUT2D eigenvalue weighted by molar-refractivity contribution is -0.125. The molecule has 1 heterocycles. The predicted molar refractivity (Wildman–Crippen MR) is 108 cm³/mol. The first-order valence-corrected chi connectivity index (χ1v) is 9.69. The van der Waals surface area contributed by atoms with Crippen molar-refractivity contribution in [3.8, 4) is 0 Å². The Morgan fingerprint density at radius 1 is 1.14 bits per heavy atom. The van der Waals surface area contributed by atoms with E-state index in [-0.39, 0.29) is 24.2 Å². The molecular formula is C20H20Cl2FN3O2. The van der Waals surface area contributed by atoms with Crippen LogP contribution in [0.5, 0.6) is 0 Å². The van der Waals surface area contributed by atoms with E-state index >= 15 is 0 Å². The molecule has 1 saturated heterocycles. The molecule has 1 aliphatic rings. The molecule has 2 aromatic rings. The average Bonchev–Trinajstić information content (AvgIpc) is 3.11. The number of amides is 2. The van der Waals surface area contributed by atoms with Gasteiger partial charge in [-0.2, -0.15) is 0 Å². The summed E-state index contributed by atoms with van der Waals surface area (Å²) in [6, 6.07) is 10.4. The first kappa shape index (κ1) is 20.6. The van der Waals surface area contributed by atoms with Gasteiger partial charge in [0.25, 0.3) is 0 Å². The zero-order valence-corrected chi connectivity index (χ0v) is 16.6. The number of likely N-dealkylation sites (tertiary alicyclic amines) is 1. The van der Waals surface area contributed by atoms with Crippen LogP contribution in [0.25, 0.3) is 0 Å². The Bertz CT molecular complexity index is 861. The second kappa shape index (κ2) is 9.37. The van der Waals surface area contributed by atoms with Crippen LogP contribution >= 0.6 is 23.2 Å². The van der Waals surface area contributed by atoms with Crippen LogP contribution in [0.2, 0.25) is 10.0 Å². The minimum atomic E-state index is -0.400. The summed E-state index contributed by atoms with van der Waals surface area (Å²) in [4.78, 5) is 26.8. The maximum atomic E-state index is 12.9. The Balaban J connectivity index is 1.53. The van der Waals surface area contributed by atoms with Crippen molar-refractivity contribution in [3.05, 3.63) is 63.9 Å². The lowest BCUT2D eigenvalue weighted by atomic mass is 10.2. The molecule has 0 bridgehead atoms. The predicted octanol–water partition coefficient (Wildman–Crippen LogP) is 3.85. The Kier molecular flexibility index (Phi) is 6.88. The van der Waals surface area contributed by atoms with Gasteiger partial charge in [0.15, 0.2) is 0 Å². The summed E-state index contributed by atoms with van der Waals surface area (Å²) in [5.41, 5.74) is 1.30. The smallest absolute Gasteiger partial charge is 0.241 e. The number of nitrogens with one attached hydrogen (secondary N) is 2. The fourth-order valence-corrected chi connectivity index (χ4v) is 3.62. The molecule has 28 heavy (non-hydrogen) atoms. The molecular weight excluding hydrogens is 404 g/mol. The number of benzene rings is 2. The van der Waals surface area contributed by atoms with E-state index in [1.54, 1.807) is 30.3 Å². The van der Waals surface area contributed by atoms with Crippen molar-refractivity contribution in [1.82, 2.24) is 10.2 Å². The van der Waals surface area contributed by atoms with E-state index in [0.29, 0.717) is 35.2 Å². The number of anilines is 1. The summed E-state index contributed by atoms with van der Waals surface area (Å²) in [5, 5.41) is 6.46. The normalized spacial score (nSPS) is 16.8. The van der Waals surface area contributed by atoms with Gasteiger partial charge < -0.3 is 10.6 Å². The Morgan fingerprint density at radius 3 is 2.61 bits per heavy atom. The van der Waals surface area contributed by atoms with E-state index in [1.807, 2.05) is 4.90 Å². The third-order valence-corrected chi connectivity index (χ3v) is 5.15. The summed E-state index contributed by atoms with van der Waals surface area (Å²) in [5.74, 6) is -0.705. The molecule has 2 N–H and O–H groups in total. The van der Waals surface area contributed by atoms with Crippen molar-refractivity contribution in [2.24, 2.45) is 0 Å². The van der Waals surface area contributed by atoms with E-state index in [0.717, 1.165) is 12.0 Å². The maximum Gasteiger partial charge on any atom is 0.241 e. The van der Waals surface area contributed by atoms with Gasteiger partial charge in [0.2, 0.25) is 11.8 Å². The van der Waals surface area contributed by atoms with Gasteiger partial charge in [0.05, 0.1) is 23.3 Å². The number of halogens is 3. The number of hydrogen-bond donors (Lipinski definition) is 2. The van der Waals surface area contributed by atoms with E-state index in [2.05, 4.69) is 10.6 Å². The van der Waals surface area contributed by atoms with Crippen LogP contribution in [0.4, 0.5) is 10.1 Å². The molecule has 5 nitrogen and oxygen atoms in total. The molecule has 0 aliphatic carbocycles. The van der Waals surface area contributed by atoms with Gasteiger partial charge in [0.1, 0.15) is 5.82 Å². The Morgan fingerprint density at radius 2 is 1.89 bits per heavy atom. The molecule has 1 aliphatic heterocycles. The molecule has 0 aromatic heterocycles. The third-order valence-electron chi connectivity index (χ3n) is 4.60. The van der Waals surface area contributed by atoms with E-state index < -0.39 is 6.04 Å². The standard InChI is InChI=1S/C20H20Cl2FN3O2/c21-14-5-8-17(16(22)10-14)25-20(28)18-2-1-9-26(18)12-19(27)24-11-13-3-6-15(23)7-4-13/h3-8,10,18H,1-2,9,11-12H2,(H,24,27)(H,25,28)/t18-/m0/s1. The Hall–Kier alpha value is -2.15. The number of nitrogens with zero attached hydrogens (tertiary/aromatic N) is 1. The molecule has 0 saturated carbocycles. The van der Waals surface area contributed by atoms with Crippen LogP contribution in [0.3, 0.4) is 0 Å². The molecule has 2 aromatic carbocycles. The summed E-state index contributed by atoms with van der Waals surface area (Å²) in [6.45, 7) is 1.09. The second-order valence-electron chi connectivity index (χ2n) is 6.65. The molecule has 148 valence electrons. The van der Waals surface area contributed by atoms with Crippen LogP contribution in [-0.4, -0.2) is 35.8 Å². The fourth-order valence-electron chi connectivity index (χ4n) is 3.16. The molecule has 3 rings (SSSR count). The van der Waals surface area contributed by atoms with Gasteiger partial charge in [-0.25, -0.2) is 4.39 Å². The topological polar surface area (TPSA) is 61.4 Å². The van der Waals surface area contributed by atoms with E-state index in [4.69, 9.17) is 23.2 Å². The number of rotatable bonds is 6. The van der Waals surface area contributed by atoms with Crippen LogP contribution in [0, 0.1) is 5.82 Å². The highest BCUT2D eigenvalue weighted by Crippen LogP contribution is 2.26. The summed E-state index contributed by atoms with van der Waals surface area (Å²) >= 11 is 12.0. The fraction of sp³-hybridized carbons (Fsp3) is 0.300. The summed E-state index contributed by atoms with van der Waals surface area (Å²) in [7, 11) is 0. The quantitative estimate of drug-likeness (QED) is 0.741. The lowest BCUT2D eigenvalue weighted by Gasteiger charge is -2.23. The van der Waals surface area contributed by atoms with Gasteiger partial charge >= 0.3 is 0 Å². The highest BCUT2D eigenvalue weighted by atomic mass is 35.5. The van der Waals surface area contributed by atoms with Crippen LogP contribution in [0.15, 0.2) is 42.5 Å². The minimum absolute atomic E-state index is 0.119. The monoisotopic (exact) mass is 423 g/mol. The van der Waals surface area contributed by atoms with E-state index in [9.17, 15) is 14.0 Å². The second-order valence-corrected chi connectivity index (χ2v) is 7.49. The lowest BCUT2D eigenvalue weighted by Crippen LogP contribution is -2.44. The first-order valence-electron chi connectivity index (χ1n) is 8.93. The van der Waals surface area contributed by atoms with Crippen LogP contribution < -0.4 is 10.6 Å². The van der Waals surface area contributed by atoms with Gasteiger partial charge in [-0.05, 0) is 55.3 Å². The number of carbonyl (C=O) groups is 2. The molecule has 0 radical (unpaired) electrons. The molecule has 1 atom stereocenters. The van der Waals surface area contributed by atoms with Gasteiger partial charge in [-0.3, -0.25) is 14.5 Å². The largest absolute Gasteiger partial charge is 0.351 e. The van der Waals surface area contributed by atoms with Crippen molar-refractivity contribution in [2.75, 3.05) is 18.4 Å². The van der Waals surface area contributed by atoms with Crippen molar-refractivity contribution in [2.45, 2.75) is 25.4 Å². The zero-order chi connectivity index (χ0) is 20.1. The highest BCUT2D eigenvalue weighted by molar-refractivity contribution is 6.36. The van der Waals surface area contributed by atoms with Crippen molar-refractivity contribution < 1.29 is 14.0 Å². The van der Waals surface area contributed by atoms with Crippen molar-refractivity contribution in [3.63, 3.8) is 0 Å². The van der Waals surface area contributed by atoms with Gasteiger partial charge in [-0.1, -0.05) is 35.3 Å². The van der Waals surface area contributed by atoms with Gasteiger partial charge in [-0.15, -0.1) is 0 Å². The highest BCUT2D eigenvalue weighted by Gasteiger charge is 2.32. The molecule has 8 heteroatoms. The number of carbonyl (C=O) groups excluding carboxylic acids is 2. The van der Waals surface area contributed by atoms with Crippen LogP contribution in [0.1, 0.15) is 18.4 Å². The molecule has 2 amide bonds. The van der Waals surface area contributed by atoms with Crippen LogP contribution in [-0.2, 0) is 16.1 Å². The van der Waals surface area contributed by atoms with Gasteiger partial charge in [0, 0.05) is 11.6 Å². The SMILES string of the molecule is O=C(CN1CCC[C@H]1C(=O)Nc1ccc(Cl)cc1Cl)NCc1ccc(F)cc1. The Labute approximate surface area is 172 Å². The van der Waals surface area contributed by atoms with Crippen molar-refractivity contribution in [1.29, 1.82) is 0 Å². The summed E-state index contributed by atoms with van der Waals surface area (Å²) < 4.78 is 12.9. The third kappa shape index (κ3) is 5.44. The zero-order valence-electron chi connectivity index (χ0n) is 15.1. The van der Waals surface area contributed by atoms with Crippen molar-refractivity contribution >= 4 is 40.7 Å². The molecule has 1 fully saturated rings. The molecule has 0 spiro atoms. The summed E-state index contributed by atoms with van der Waals surface area (Å²) in [6.07, 6.45) is 1.50.